The number of hydrogen-bond donors (Lipinski definition) is 1. The maximum Gasteiger partial charge on any atom is 0.325 e. The minimum absolute atomic E-state index is 0.0989. The smallest absolute Gasteiger partial charge is 0.325 e. The maximum absolute atomic E-state index is 12.9. The van der Waals surface area contributed by atoms with E-state index in [-0.39, 0.29) is 24.9 Å². The molecule has 1 amide bonds. The fourth-order valence-corrected chi connectivity index (χ4v) is 2.85. The summed E-state index contributed by atoms with van der Waals surface area (Å²) in [5, 5.41) is 11.5. The minimum Gasteiger partial charge on any atom is -0.403 e. The van der Waals surface area contributed by atoms with Crippen molar-refractivity contribution < 1.29 is 22.0 Å². The zero-order valence-corrected chi connectivity index (χ0v) is 12.0. The van der Waals surface area contributed by atoms with E-state index in [9.17, 15) is 17.6 Å². The van der Waals surface area contributed by atoms with Gasteiger partial charge in [-0.05, 0) is 24.3 Å². The fourth-order valence-electron chi connectivity index (χ4n) is 2.11. The molecule has 1 aromatic heterocycles. The number of carbonyl (C=O) groups excluding carboxylic acids is 1. The molecule has 1 atom stereocenters. The first kappa shape index (κ1) is 14.6. The summed E-state index contributed by atoms with van der Waals surface area (Å²) >= 11 is 0. The van der Waals surface area contributed by atoms with Crippen LogP contribution in [0, 0.1) is 5.82 Å². The second-order valence-electron chi connectivity index (χ2n) is 4.82. The van der Waals surface area contributed by atoms with Crippen LogP contribution >= 0.6 is 0 Å². The second-order valence-corrected chi connectivity index (χ2v) is 6.66. The molecule has 1 aliphatic rings. The van der Waals surface area contributed by atoms with Crippen molar-refractivity contribution in [3.8, 4) is 11.5 Å². The van der Waals surface area contributed by atoms with Gasteiger partial charge >= 0.3 is 6.01 Å². The monoisotopic (exact) mass is 326 g/mol. The quantitative estimate of drug-likeness (QED) is 0.864. The molecule has 22 heavy (non-hydrogen) atoms. The number of halogens is 1. The molecule has 0 saturated carbocycles. The molecule has 0 radical (unpaired) electrons. The van der Waals surface area contributed by atoms with Crippen molar-refractivity contribution in [2.45, 2.75) is 11.7 Å². The van der Waals surface area contributed by atoms with Crippen molar-refractivity contribution in [2.24, 2.45) is 5.14 Å². The third-order valence-corrected chi connectivity index (χ3v) is 4.54. The Hall–Kier alpha value is -2.33. The van der Waals surface area contributed by atoms with Gasteiger partial charge in [-0.2, -0.15) is 0 Å². The van der Waals surface area contributed by atoms with Gasteiger partial charge in [0.05, 0.1) is 0 Å². The lowest BCUT2D eigenvalue weighted by molar-refractivity contribution is -0.117. The number of amides is 1. The molecule has 0 bridgehead atoms. The molecule has 2 aromatic rings. The van der Waals surface area contributed by atoms with Gasteiger partial charge in [0.1, 0.15) is 11.1 Å². The summed E-state index contributed by atoms with van der Waals surface area (Å²) in [4.78, 5) is 12.9. The highest BCUT2D eigenvalue weighted by Gasteiger charge is 2.39. The van der Waals surface area contributed by atoms with Crippen LogP contribution < -0.4 is 10.0 Å². The predicted octanol–water partition coefficient (Wildman–Crippen LogP) is 0.270. The molecule has 116 valence electrons. The van der Waals surface area contributed by atoms with Crippen molar-refractivity contribution in [1.29, 1.82) is 0 Å². The van der Waals surface area contributed by atoms with E-state index in [0.717, 1.165) is 4.90 Å². The molecule has 1 fully saturated rings. The molecule has 1 aliphatic heterocycles. The third-order valence-electron chi connectivity index (χ3n) is 3.29. The van der Waals surface area contributed by atoms with Crippen molar-refractivity contribution >= 4 is 21.9 Å². The van der Waals surface area contributed by atoms with Crippen LogP contribution in [0.4, 0.5) is 10.4 Å². The zero-order valence-electron chi connectivity index (χ0n) is 11.1. The van der Waals surface area contributed by atoms with E-state index in [1.807, 2.05) is 0 Å². The van der Waals surface area contributed by atoms with Gasteiger partial charge in [0, 0.05) is 18.5 Å². The van der Waals surface area contributed by atoms with Crippen LogP contribution in [0.15, 0.2) is 28.7 Å². The van der Waals surface area contributed by atoms with Crippen LogP contribution in [0.25, 0.3) is 11.5 Å². The number of primary sulfonamides is 1. The maximum atomic E-state index is 12.9. The van der Waals surface area contributed by atoms with Gasteiger partial charge < -0.3 is 4.42 Å². The summed E-state index contributed by atoms with van der Waals surface area (Å²) in [7, 11) is -3.82. The highest BCUT2D eigenvalue weighted by atomic mass is 32.2. The number of rotatable bonds is 3. The van der Waals surface area contributed by atoms with Crippen LogP contribution in [0.2, 0.25) is 0 Å². The molecular formula is C12H11FN4O4S. The van der Waals surface area contributed by atoms with E-state index in [2.05, 4.69) is 10.2 Å². The fraction of sp³-hybridized carbons (Fsp3) is 0.250. The Morgan fingerprint density at radius 3 is 2.55 bits per heavy atom. The first-order valence-electron chi connectivity index (χ1n) is 6.26. The number of anilines is 1. The lowest BCUT2D eigenvalue weighted by atomic mass is 10.2. The molecule has 8 nitrogen and oxygen atoms in total. The highest BCUT2D eigenvalue weighted by Crippen LogP contribution is 2.26. The Kier molecular flexibility index (Phi) is 3.41. The lowest BCUT2D eigenvalue weighted by Crippen LogP contribution is -2.32. The summed E-state index contributed by atoms with van der Waals surface area (Å²) in [6.07, 6.45) is -0.229. The average Bonchev–Trinajstić information content (AvgIpc) is 3.05. The number of aromatic nitrogens is 2. The van der Waals surface area contributed by atoms with E-state index >= 15 is 0 Å². The number of nitrogens with two attached hydrogens (primary N) is 1. The SMILES string of the molecule is NS(=O)(=O)C1CC(=O)N(c2nnc(-c3ccc(F)cc3)o2)C1. The largest absolute Gasteiger partial charge is 0.403 e. The van der Waals surface area contributed by atoms with E-state index in [4.69, 9.17) is 9.56 Å². The summed E-state index contributed by atoms with van der Waals surface area (Å²) in [6, 6.07) is 5.25. The Morgan fingerprint density at radius 1 is 1.27 bits per heavy atom. The van der Waals surface area contributed by atoms with Gasteiger partial charge in [0.2, 0.25) is 21.8 Å². The topological polar surface area (TPSA) is 119 Å². The average molecular weight is 326 g/mol. The molecule has 1 unspecified atom stereocenters. The molecule has 10 heteroatoms. The Labute approximate surface area is 124 Å². The number of benzene rings is 1. The molecule has 0 spiro atoms. The predicted molar refractivity (Wildman–Crippen MR) is 73.6 cm³/mol. The van der Waals surface area contributed by atoms with Gasteiger partial charge in [0.15, 0.2) is 0 Å². The molecule has 2 N–H and O–H groups in total. The molecule has 2 heterocycles. The molecule has 1 aromatic carbocycles. The number of carbonyl (C=O) groups is 1. The summed E-state index contributed by atoms with van der Waals surface area (Å²) in [5.41, 5.74) is 0.481. The summed E-state index contributed by atoms with van der Waals surface area (Å²) < 4.78 is 40.8. The van der Waals surface area contributed by atoms with Crippen molar-refractivity contribution in [2.75, 3.05) is 11.4 Å². The molecule has 0 aliphatic carbocycles. The first-order chi connectivity index (χ1) is 10.3. The Morgan fingerprint density at radius 2 is 1.95 bits per heavy atom. The number of hydrogen-bond acceptors (Lipinski definition) is 6. The zero-order chi connectivity index (χ0) is 15.9. The Bertz CT molecular complexity index is 818. The van der Waals surface area contributed by atoms with Gasteiger partial charge in [0.25, 0.3) is 0 Å². The minimum atomic E-state index is -3.82. The van der Waals surface area contributed by atoms with E-state index in [1.165, 1.54) is 24.3 Å². The standard InChI is InChI=1S/C12H11FN4O4S/c13-8-3-1-7(2-4-8)11-15-16-12(21-11)17-6-9(5-10(17)18)22(14,19)20/h1-4,9H,5-6H2,(H2,14,19,20). The summed E-state index contributed by atoms with van der Waals surface area (Å²) in [5.74, 6) is -0.774. The number of sulfonamides is 1. The van der Waals surface area contributed by atoms with Gasteiger partial charge in [-0.3, -0.25) is 9.69 Å². The van der Waals surface area contributed by atoms with Crippen molar-refractivity contribution in [3.63, 3.8) is 0 Å². The van der Waals surface area contributed by atoms with Crippen LogP contribution in [-0.2, 0) is 14.8 Å². The summed E-state index contributed by atoms with van der Waals surface area (Å²) in [6.45, 7) is -0.136. The van der Waals surface area contributed by atoms with Crippen molar-refractivity contribution in [1.82, 2.24) is 10.2 Å². The van der Waals surface area contributed by atoms with Gasteiger partial charge in [-0.1, -0.05) is 5.10 Å². The van der Waals surface area contributed by atoms with Crippen molar-refractivity contribution in [3.05, 3.63) is 30.1 Å². The van der Waals surface area contributed by atoms with Crippen LogP contribution in [0.5, 0.6) is 0 Å². The van der Waals surface area contributed by atoms with Gasteiger partial charge in [-0.25, -0.2) is 17.9 Å². The van der Waals surface area contributed by atoms with Crippen LogP contribution in [0.3, 0.4) is 0 Å². The van der Waals surface area contributed by atoms with E-state index < -0.39 is 27.0 Å². The van der Waals surface area contributed by atoms with E-state index in [1.54, 1.807) is 0 Å². The molecular weight excluding hydrogens is 315 g/mol. The first-order valence-corrected chi connectivity index (χ1v) is 7.87. The lowest BCUT2D eigenvalue weighted by Gasteiger charge is -2.09. The Balaban J connectivity index is 1.85. The molecule has 1 saturated heterocycles. The third kappa shape index (κ3) is 2.70. The van der Waals surface area contributed by atoms with Crippen LogP contribution in [0.1, 0.15) is 6.42 Å². The second kappa shape index (κ2) is 5.14. The normalized spacial score (nSPS) is 18.9. The number of nitrogens with zero attached hydrogens (tertiary/aromatic N) is 3. The molecule has 3 rings (SSSR count). The van der Waals surface area contributed by atoms with E-state index in [0.29, 0.717) is 5.56 Å². The van der Waals surface area contributed by atoms with Gasteiger partial charge in [-0.15, -0.1) is 5.10 Å². The van der Waals surface area contributed by atoms with Crippen LogP contribution in [-0.4, -0.2) is 36.3 Å². The highest BCUT2D eigenvalue weighted by molar-refractivity contribution is 7.89.